The second-order valence-electron chi connectivity index (χ2n) is 3.06. The van der Waals surface area contributed by atoms with Gasteiger partial charge in [-0.3, -0.25) is 0 Å². The maximum Gasteiger partial charge on any atom is 0.0437 e. The highest BCUT2D eigenvalue weighted by molar-refractivity contribution is 5.47. The quantitative estimate of drug-likeness (QED) is 0.655. The van der Waals surface area contributed by atoms with Crippen molar-refractivity contribution < 1.29 is 0 Å². The number of rotatable bonds is 5. The Morgan fingerprint density at radius 1 is 1.00 bits per heavy atom. The third-order valence-electron chi connectivity index (χ3n) is 2.03. The fourth-order valence-corrected chi connectivity index (χ4v) is 1.27. The average Bonchev–Trinajstić information content (AvgIpc) is 2.30. The second kappa shape index (κ2) is 6.50. The Balaban J connectivity index is 2.79. The minimum atomic E-state index is 0.797. The van der Waals surface area contributed by atoms with E-state index in [4.69, 9.17) is 0 Å². The highest BCUT2D eigenvalue weighted by Gasteiger charge is 2.00. The third-order valence-corrected chi connectivity index (χ3v) is 2.03. The van der Waals surface area contributed by atoms with E-state index in [1.807, 2.05) is 30.4 Å². The van der Waals surface area contributed by atoms with Crippen molar-refractivity contribution in [2.75, 3.05) is 18.0 Å². The summed E-state index contributed by atoms with van der Waals surface area (Å²) in [6, 6.07) is 10.2. The molecular formula is C14H15N. The van der Waals surface area contributed by atoms with Crippen molar-refractivity contribution in [2.24, 2.45) is 0 Å². The van der Waals surface area contributed by atoms with Crippen molar-refractivity contribution in [3.05, 3.63) is 67.1 Å². The monoisotopic (exact) mass is 197 g/mol. The van der Waals surface area contributed by atoms with Gasteiger partial charge in [0.25, 0.3) is 0 Å². The Kier molecular flexibility index (Phi) is 4.83. The molecule has 1 rings (SSSR count). The molecule has 0 saturated carbocycles. The lowest BCUT2D eigenvalue weighted by atomic mass is 10.3. The Morgan fingerprint density at radius 2 is 1.53 bits per heavy atom. The second-order valence-corrected chi connectivity index (χ2v) is 3.06. The van der Waals surface area contributed by atoms with Gasteiger partial charge in [-0.05, 0) is 24.3 Å². The highest BCUT2D eigenvalue weighted by Crippen LogP contribution is 2.12. The van der Waals surface area contributed by atoms with E-state index in [9.17, 15) is 0 Å². The number of para-hydroxylation sites is 1. The summed E-state index contributed by atoms with van der Waals surface area (Å²) in [5, 5.41) is 0. The van der Waals surface area contributed by atoms with Crippen molar-refractivity contribution in [3.63, 3.8) is 0 Å². The van der Waals surface area contributed by atoms with E-state index in [1.165, 1.54) is 5.69 Å². The lowest BCUT2D eigenvalue weighted by Gasteiger charge is -2.20. The molecule has 0 aliphatic carbocycles. The molecule has 0 spiro atoms. The number of anilines is 1. The van der Waals surface area contributed by atoms with Gasteiger partial charge in [0.1, 0.15) is 0 Å². The zero-order chi connectivity index (χ0) is 10.9. The zero-order valence-electron chi connectivity index (χ0n) is 8.82. The van der Waals surface area contributed by atoms with Crippen LogP contribution in [0.1, 0.15) is 0 Å². The first-order chi connectivity index (χ1) is 7.38. The van der Waals surface area contributed by atoms with E-state index in [0.29, 0.717) is 0 Å². The molecule has 1 aromatic rings. The van der Waals surface area contributed by atoms with Gasteiger partial charge in [-0.15, -0.1) is 11.5 Å². The van der Waals surface area contributed by atoms with Crippen molar-refractivity contribution in [3.8, 4) is 0 Å². The van der Waals surface area contributed by atoms with E-state index in [0.717, 1.165) is 13.1 Å². The molecule has 76 valence electrons. The summed E-state index contributed by atoms with van der Waals surface area (Å²) >= 11 is 0. The maximum atomic E-state index is 3.56. The predicted octanol–water partition coefficient (Wildman–Crippen LogP) is 3.18. The lowest BCUT2D eigenvalue weighted by Crippen LogP contribution is -2.22. The molecule has 1 aromatic carbocycles. The fraction of sp³-hybridized carbons (Fsp3) is 0.143. The van der Waals surface area contributed by atoms with Crippen LogP contribution in [0, 0.1) is 0 Å². The average molecular weight is 197 g/mol. The lowest BCUT2D eigenvalue weighted by molar-refractivity contribution is 0.956. The summed E-state index contributed by atoms with van der Waals surface area (Å²) in [5.41, 5.74) is 6.73. The summed E-state index contributed by atoms with van der Waals surface area (Å²) in [7, 11) is 0. The van der Waals surface area contributed by atoms with Crippen molar-refractivity contribution in [1.82, 2.24) is 0 Å². The Labute approximate surface area is 91.4 Å². The SMILES string of the molecule is C=C=CCN(CC=C=C)c1ccccc1. The first-order valence-electron chi connectivity index (χ1n) is 4.87. The van der Waals surface area contributed by atoms with Gasteiger partial charge in [0.2, 0.25) is 0 Å². The normalized spacial score (nSPS) is 8.53. The first kappa shape index (κ1) is 11.1. The van der Waals surface area contributed by atoms with Gasteiger partial charge >= 0.3 is 0 Å². The van der Waals surface area contributed by atoms with Crippen LogP contribution >= 0.6 is 0 Å². The molecule has 0 N–H and O–H groups in total. The summed E-state index contributed by atoms with van der Waals surface area (Å²) in [6.45, 7) is 8.72. The summed E-state index contributed by atoms with van der Waals surface area (Å²) in [4.78, 5) is 2.19. The first-order valence-corrected chi connectivity index (χ1v) is 4.87. The molecule has 0 radical (unpaired) electrons. The molecule has 0 heterocycles. The molecule has 0 aliphatic heterocycles. The molecule has 0 amide bonds. The predicted molar refractivity (Wildman–Crippen MR) is 66.1 cm³/mol. The van der Waals surface area contributed by atoms with Gasteiger partial charge in [-0.25, -0.2) is 0 Å². The molecule has 1 heteroatoms. The van der Waals surface area contributed by atoms with E-state index in [-0.39, 0.29) is 0 Å². The minimum absolute atomic E-state index is 0.797. The van der Waals surface area contributed by atoms with Crippen LogP contribution in [0.25, 0.3) is 0 Å². The Morgan fingerprint density at radius 3 is 2.00 bits per heavy atom. The van der Waals surface area contributed by atoms with Crippen LogP contribution in [0.3, 0.4) is 0 Å². The molecule has 0 bridgehead atoms. The van der Waals surface area contributed by atoms with Crippen molar-refractivity contribution >= 4 is 5.69 Å². The summed E-state index contributed by atoms with van der Waals surface area (Å²) < 4.78 is 0. The van der Waals surface area contributed by atoms with Crippen LogP contribution in [0.15, 0.2) is 67.1 Å². The van der Waals surface area contributed by atoms with Crippen LogP contribution in [0.4, 0.5) is 5.69 Å². The molecule has 0 fully saturated rings. The van der Waals surface area contributed by atoms with Gasteiger partial charge in [-0.1, -0.05) is 31.4 Å². The number of benzene rings is 1. The molecule has 0 unspecified atom stereocenters. The van der Waals surface area contributed by atoms with Crippen molar-refractivity contribution in [1.29, 1.82) is 0 Å². The smallest absolute Gasteiger partial charge is 0.0437 e. The van der Waals surface area contributed by atoms with E-state index >= 15 is 0 Å². The van der Waals surface area contributed by atoms with Gasteiger partial charge in [0, 0.05) is 18.8 Å². The van der Waals surface area contributed by atoms with E-state index in [2.05, 4.69) is 41.7 Å². The Hall–Kier alpha value is -1.94. The molecule has 15 heavy (non-hydrogen) atoms. The minimum Gasteiger partial charge on any atom is -0.363 e. The zero-order valence-corrected chi connectivity index (χ0v) is 8.82. The van der Waals surface area contributed by atoms with Gasteiger partial charge in [-0.2, -0.15) is 0 Å². The van der Waals surface area contributed by atoms with Crippen LogP contribution in [0.5, 0.6) is 0 Å². The molecule has 0 saturated heterocycles. The van der Waals surface area contributed by atoms with Crippen LogP contribution < -0.4 is 4.90 Å². The topological polar surface area (TPSA) is 3.24 Å². The van der Waals surface area contributed by atoms with Gasteiger partial charge < -0.3 is 4.90 Å². The highest BCUT2D eigenvalue weighted by atomic mass is 15.1. The fourth-order valence-electron chi connectivity index (χ4n) is 1.27. The number of hydrogen-bond donors (Lipinski definition) is 0. The molecule has 1 nitrogen and oxygen atoms in total. The third kappa shape index (κ3) is 3.74. The van der Waals surface area contributed by atoms with Crippen LogP contribution in [-0.2, 0) is 0 Å². The van der Waals surface area contributed by atoms with Crippen molar-refractivity contribution in [2.45, 2.75) is 0 Å². The number of hydrogen-bond acceptors (Lipinski definition) is 1. The van der Waals surface area contributed by atoms with Gasteiger partial charge in [0.05, 0.1) is 0 Å². The van der Waals surface area contributed by atoms with E-state index < -0.39 is 0 Å². The molecular weight excluding hydrogens is 182 g/mol. The largest absolute Gasteiger partial charge is 0.363 e. The van der Waals surface area contributed by atoms with E-state index in [1.54, 1.807) is 0 Å². The van der Waals surface area contributed by atoms with Gasteiger partial charge in [0.15, 0.2) is 0 Å². The number of nitrogens with zero attached hydrogens (tertiary/aromatic N) is 1. The van der Waals surface area contributed by atoms with Crippen LogP contribution in [0.2, 0.25) is 0 Å². The standard InChI is InChI=1S/C14H15N/c1-3-5-12-15(13-6-4-2)14-10-8-7-9-11-14/h5-11H,1-2,12-13H2. The summed E-state index contributed by atoms with van der Waals surface area (Å²) in [6.07, 6.45) is 3.81. The molecule has 0 aliphatic rings. The maximum absolute atomic E-state index is 3.56. The summed E-state index contributed by atoms with van der Waals surface area (Å²) in [5.74, 6) is 0. The Bertz CT molecular complexity index is 359. The molecule has 0 aromatic heterocycles. The molecule has 0 atom stereocenters. The van der Waals surface area contributed by atoms with Crippen LogP contribution in [-0.4, -0.2) is 13.1 Å².